The van der Waals surface area contributed by atoms with E-state index in [-0.39, 0.29) is 17.9 Å². The summed E-state index contributed by atoms with van der Waals surface area (Å²) < 4.78 is 45.7. The number of ether oxygens (including phenoxy) is 3. The Kier molecular flexibility index (Phi) is 7.98. The van der Waals surface area contributed by atoms with E-state index in [9.17, 15) is 8.42 Å². The summed E-state index contributed by atoms with van der Waals surface area (Å²) in [5.41, 5.74) is 0. The van der Waals surface area contributed by atoms with Crippen LogP contribution >= 0.6 is 0 Å². The van der Waals surface area contributed by atoms with Crippen LogP contribution in [0.25, 0.3) is 0 Å². The van der Waals surface area contributed by atoms with Gasteiger partial charge in [0.05, 0.1) is 17.9 Å². The van der Waals surface area contributed by atoms with E-state index in [1.165, 1.54) is 12.1 Å². The molecule has 1 aromatic carbocycles. The minimum atomic E-state index is -3.79. The van der Waals surface area contributed by atoms with Gasteiger partial charge in [-0.3, -0.25) is 4.18 Å². The van der Waals surface area contributed by atoms with Crippen molar-refractivity contribution in [1.29, 1.82) is 0 Å². The first-order valence-electron chi connectivity index (χ1n) is 7.36. The van der Waals surface area contributed by atoms with Gasteiger partial charge in [0.2, 0.25) is 0 Å². The van der Waals surface area contributed by atoms with Crippen LogP contribution in [-0.2, 0) is 28.5 Å². The SMILES string of the molecule is CCOC(CCOS(=O)(=O)c1ccccc1)(OCC)OCC. The maximum atomic E-state index is 12.0. The molecule has 0 unspecified atom stereocenters. The Bertz CT molecular complexity index is 497. The van der Waals surface area contributed by atoms with E-state index >= 15 is 0 Å². The van der Waals surface area contributed by atoms with Gasteiger partial charge in [-0.05, 0) is 32.9 Å². The van der Waals surface area contributed by atoms with Crippen molar-refractivity contribution in [2.75, 3.05) is 26.4 Å². The molecule has 0 N–H and O–H groups in total. The molecule has 0 spiro atoms. The number of hydrogen-bond donors (Lipinski definition) is 0. The van der Waals surface area contributed by atoms with Crippen molar-refractivity contribution in [3.05, 3.63) is 30.3 Å². The second-order valence-electron chi connectivity index (χ2n) is 4.32. The maximum Gasteiger partial charge on any atom is 0.296 e. The smallest absolute Gasteiger partial charge is 0.296 e. The fourth-order valence-corrected chi connectivity index (χ4v) is 2.86. The highest BCUT2D eigenvalue weighted by Crippen LogP contribution is 2.22. The highest BCUT2D eigenvalue weighted by molar-refractivity contribution is 7.86. The summed E-state index contributed by atoms with van der Waals surface area (Å²) >= 11 is 0. The van der Waals surface area contributed by atoms with E-state index in [0.29, 0.717) is 19.8 Å². The fraction of sp³-hybridized carbons (Fsp3) is 0.600. The van der Waals surface area contributed by atoms with Gasteiger partial charge in [0.1, 0.15) is 0 Å². The topological polar surface area (TPSA) is 71.1 Å². The van der Waals surface area contributed by atoms with Crippen LogP contribution in [0.15, 0.2) is 35.2 Å². The normalized spacial score (nSPS) is 12.5. The van der Waals surface area contributed by atoms with E-state index in [4.69, 9.17) is 18.4 Å². The quantitative estimate of drug-likeness (QED) is 0.458. The second kappa shape index (κ2) is 9.22. The van der Waals surface area contributed by atoms with Gasteiger partial charge < -0.3 is 14.2 Å². The summed E-state index contributed by atoms with van der Waals surface area (Å²) in [6, 6.07) is 7.98. The zero-order valence-electron chi connectivity index (χ0n) is 13.3. The van der Waals surface area contributed by atoms with Crippen LogP contribution in [0.5, 0.6) is 0 Å². The van der Waals surface area contributed by atoms with Crippen molar-refractivity contribution >= 4 is 10.1 Å². The van der Waals surface area contributed by atoms with Crippen molar-refractivity contribution in [1.82, 2.24) is 0 Å². The zero-order valence-corrected chi connectivity index (χ0v) is 14.1. The van der Waals surface area contributed by atoms with Crippen LogP contribution in [0, 0.1) is 0 Å². The molecule has 1 aromatic rings. The molecule has 22 heavy (non-hydrogen) atoms. The Morgan fingerprint density at radius 1 is 0.909 bits per heavy atom. The molecule has 0 heterocycles. The first kappa shape index (κ1) is 19.1. The van der Waals surface area contributed by atoms with E-state index in [0.717, 1.165) is 0 Å². The summed E-state index contributed by atoms with van der Waals surface area (Å²) in [6.45, 7) is 6.48. The third kappa shape index (κ3) is 5.66. The van der Waals surface area contributed by atoms with Crippen molar-refractivity contribution < 1.29 is 26.8 Å². The Balaban J connectivity index is 2.69. The fourth-order valence-electron chi connectivity index (χ4n) is 1.93. The van der Waals surface area contributed by atoms with Gasteiger partial charge in [0.25, 0.3) is 16.1 Å². The average Bonchev–Trinajstić information content (AvgIpc) is 2.49. The molecule has 0 aliphatic heterocycles. The predicted molar refractivity (Wildman–Crippen MR) is 81.8 cm³/mol. The van der Waals surface area contributed by atoms with Crippen molar-refractivity contribution in [2.45, 2.75) is 38.1 Å². The Morgan fingerprint density at radius 2 is 1.41 bits per heavy atom. The van der Waals surface area contributed by atoms with E-state index in [1.807, 2.05) is 20.8 Å². The monoisotopic (exact) mass is 332 g/mol. The molecule has 7 heteroatoms. The molecule has 0 saturated heterocycles. The summed E-state index contributed by atoms with van der Waals surface area (Å²) in [5.74, 6) is -1.27. The van der Waals surface area contributed by atoms with Crippen molar-refractivity contribution in [2.24, 2.45) is 0 Å². The number of hydrogen-bond acceptors (Lipinski definition) is 6. The molecule has 0 aliphatic rings. The summed E-state index contributed by atoms with van der Waals surface area (Å²) in [7, 11) is -3.79. The molecule has 0 fully saturated rings. The minimum Gasteiger partial charge on any atom is -0.328 e. The summed E-state index contributed by atoms with van der Waals surface area (Å²) in [6.07, 6.45) is 0.147. The number of rotatable bonds is 11. The van der Waals surface area contributed by atoms with Crippen LogP contribution < -0.4 is 0 Å². The Morgan fingerprint density at radius 3 is 1.86 bits per heavy atom. The molecular weight excluding hydrogens is 308 g/mol. The predicted octanol–water partition coefficient (Wildman–Crippen LogP) is 2.55. The van der Waals surface area contributed by atoms with Gasteiger partial charge in [-0.15, -0.1) is 0 Å². The highest BCUT2D eigenvalue weighted by Gasteiger charge is 2.33. The van der Waals surface area contributed by atoms with E-state index in [2.05, 4.69) is 0 Å². The third-order valence-electron chi connectivity index (χ3n) is 2.77. The first-order valence-corrected chi connectivity index (χ1v) is 8.77. The summed E-state index contributed by atoms with van der Waals surface area (Å²) in [4.78, 5) is 0.116. The lowest BCUT2D eigenvalue weighted by Gasteiger charge is -2.32. The molecule has 0 aromatic heterocycles. The Hall–Kier alpha value is -0.990. The van der Waals surface area contributed by atoms with Crippen LogP contribution in [0.4, 0.5) is 0 Å². The van der Waals surface area contributed by atoms with Crippen LogP contribution in [0.3, 0.4) is 0 Å². The molecule has 0 amide bonds. The second-order valence-corrected chi connectivity index (χ2v) is 5.94. The van der Waals surface area contributed by atoms with Crippen molar-refractivity contribution in [3.63, 3.8) is 0 Å². The zero-order chi connectivity index (χ0) is 16.5. The molecule has 0 bridgehead atoms. The lowest BCUT2D eigenvalue weighted by Crippen LogP contribution is -2.40. The average molecular weight is 332 g/mol. The molecule has 0 radical (unpaired) electrons. The van der Waals surface area contributed by atoms with Gasteiger partial charge in [-0.1, -0.05) is 18.2 Å². The highest BCUT2D eigenvalue weighted by atomic mass is 32.2. The van der Waals surface area contributed by atoms with E-state index in [1.54, 1.807) is 18.2 Å². The van der Waals surface area contributed by atoms with Gasteiger partial charge in [0.15, 0.2) is 0 Å². The standard InChI is InChI=1S/C15H24O6S/c1-4-18-15(19-5-2,20-6-3)12-13-21-22(16,17)14-10-8-7-9-11-14/h7-11H,4-6,12-13H2,1-3H3. The van der Waals surface area contributed by atoms with E-state index < -0.39 is 16.1 Å². The molecule has 6 nitrogen and oxygen atoms in total. The third-order valence-corrected chi connectivity index (χ3v) is 4.10. The molecule has 0 saturated carbocycles. The largest absolute Gasteiger partial charge is 0.328 e. The molecule has 1 rings (SSSR count). The van der Waals surface area contributed by atoms with Gasteiger partial charge in [-0.25, -0.2) is 0 Å². The van der Waals surface area contributed by atoms with Gasteiger partial charge >= 0.3 is 0 Å². The van der Waals surface area contributed by atoms with Crippen LogP contribution in [0.1, 0.15) is 27.2 Å². The Labute approximate surface area is 132 Å². The first-order chi connectivity index (χ1) is 10.5. The van der Waals surface area contributed by atoms with Gasteiger partial charge in [0, 0.05) is 19.8 Å². The molecule has 126 valence electrons. The molecule has 0 atom stereocenters. The maximum absolute atomic E-state index is 12.0. The lowest BCUT2D eigenvalue weighted by atomic mass is 10.4. The summed E-state index contributed by atoms with van der Waals surface area (Å²) in [5, 5.41) is 0. The van der Waals surface area contributed by atoms with Crippen LogP contribution in [-0.4, -0.2) is 40.8 Å². The number of benzene rings is 1. The molecule has 0 aliphatic carbocycles. The van der Waals surface area contributed by atoms with Crippen molar-refractivity contribution in [3.8, 4) is 0 Å². The minimum absolute atomic E-state index is 0.1000. The lowest BCUT2D eigenvalue weighted by molar-refractivity contribution is -0.380. The van der Waals surface area contributed by atoms with Crippen LogP contribution in [0.2, 0.25) is 0 Å². The molecular formula is C15H24O6S. The van der Waals surface area contributed by atoms with Gasteiger partial charge in [-0.2, -0.15) is 8.42 Å².